The van der Waals surface area contributed by atoms with Gasteiger partial charge in [0.2, 0.25) is 0 Å². The van der Waals surface area contributed by atoms with Crippen molar-refractivity contribution in [1.29, 1.82) is 0 Å². The number of aryl methyl sites for hydroxylation is 1. The number of benzene rings is 1. The summed E-state index contributed by atoms with van der Waals surface area (Å²) in [5, 5.41) is 9.95. The molecule has 1 N–H and O–H groups in total. The van der Waals surface area contributed by atoms with Gasteiger partial charge in [0.05, 0.1) is 6.10 Å². The Kier molecular flexibility index (Phi) is 4.11. The lowest BCUT2D eigenvalue weighted by molar-refractivity contribution is 0.102. The van der Waals surface area contributed by atoms with Gasteiger partial charge in [0.15, 0.2) is 0 Å². The Morgan fingerprint density at radius 3 is 2.65 bits per heavy atom. The Hall–Kier alpha value is -0.960. The molecule has 0 amide bonds. The van der Waals surface area contributed by atoms with Gasteiger partial charge in [-0.05, 0) is 55.4 Å². The number of aliphatic hydroxyl groups excluding tert-OH is 1. The van der Waals surface area contributed by atoms with Crippen molar-refractivity contribution in [2.24, 2.45) is 5.92 Å². The molecule has 1 saturated carbocycles. The molecule has 1 aliphatic rings. The van der Waals surface area contributed by atoms with E-state index in [0.29, 0.717) is 24.3 Å². The van der Waals surface area contributed by atoms with Crippen LogP contribution < -0.4 is 0 Å². The van der Waals surface area contributed by atoms with Gasteiger partial charge in [0.1, 0.15) is 11.6 Å². The molecule has 1 aromatic carbocycles. The van der Waals surface area contributed by atoms with Crippen molar-refractivity contribution in [2.75, 3.05) is 0 Å². The highest BCUT2D eigenvalue weighted by atomic mass is 19.1. The van der Waals surface area contributed by atoms with E-state index >= 15 is 0 Å². The quantitative estimate of drug-likeness (QED) is 0.854. The second kappa shape index (κ2) is 5.58. The number of hydrogen-bond donors (Lipinski definition) is 1. The molecule has 1 atom stereocenters. The van der Waals surface area contributed by atoms with E-state index in [1.807, 2.05) is 0 Å². The summed E-state index contributed by atoms with van der Waals surface area (Å²) < 4.78 is 26.3. The molecule has 0 aliphatic heterocycles. The van der Waals surface area contributed by atoms with Crippen molar-refractivity contribution < 1.29 is 13.9 Å². The van der Waals surface area contributed by atoms with Gasteiger partial charge in [-0.25, -0.2) is 8.78 Å². The SMILES string of the molecule is OC(CCc1cc(F)ccc1F)C1CCCC1. The molecule has 0 saturated heterocycles. The third-order valence-electron chi connectivity index (χ3n) is 3.66. The molecular formula is C14H18F2O. The first kappa shape index (κ1) is 12.5. The predicted octanol–water partition coefficient (Wildman–Crippen LogP) is 3.45. The van der Waals surface area contributed by atoms with E-state index in [-0.39, 0.29) is 11.9 Å². The van der Waals surface area contributed by atoms with Crippen molar-refractivity contribution in [3.05, 3.63) is 35.4 Å². The molecule has 1 nitrogen and oxygen atoms in total. The topological polar surface area (TPSA) is 20.2 Å². The Morgan fingerprint density at radius 2 is 1.94 bits per heavy atom. The zero-order chi connectivity index (χ0) is 12.3. The molecule has 1 aromatic rings. The average molecular weight is 240 g/mol. The van der Waals surface area contributed by atoms with Gasteiger partial charge < -0.3 is 5.11 Å². The Labute approximate surface area is 100 Å². The highest BCUT2D eigenvalue weighted by Gasteiger charge is 2.23. The maximum absolute atomic E-state index is 13.3. The molecule has 0 aromatic heterocycles. The normalized spacial score (nSPS) is 18.5. The van der Waals surface area contributed by atoms with Gasteiger partial charge in [0, 0.05) is 0 Å². The Morgan fingerprint density at radius 1 is 1.24 bits per heavy atom. The van der Waals surface area contributed by atoms with Crippen molar-refractivity contribution >= 4 is 0 Å². The molecule has 0 radical (unpaired) electrons. The summed E-state index contributed by atoms with van der Waals surface area (Å²) in [7, 11) is 0. The van der Waals surface area contributed by atoms with Crippen LogP contribution in [0.5, 0.6) is 0 Å². The van der Waals surface area contributed by atoms with E-state index in [1.165, 1.54) is 18.9 Å². The van der Waals surface area contributed by atoms with Crippen LogP contribution in [0, 0.1) is 17.6 Å². The molecule has 17 heavy (non-hydrogen) atoms. The van der Waals surface area contributed by atoms with Crippen molar-refractivity contribution in [3.63, 3.8) is 0 Å². The number of hydrogen-bond acceptors (Lipinski definition) is 1. The van der Waals surface area contributed by atoms with E-state index in [0.717, 1.165) is 25.0 Å². The molecule has 1 unspecified atom stereocenters. The zero-order valence-electron chi connectivity index (χ0n) is 9.83. The summed E-state index contributed by atoms with van der Waals surface area (Å²) in [6, 6.07) is 3.48. The molecule has 0 heterocycles. The van der Waals surface area contributed by atoms with Crippen LogP contribution in [0.3, 0.4) is 0 Å². The van der Waals surface area contributed by atoms with Crippen LogP contribution in [0.15, 0.2) is 18.2 Å². The summed E-state index contributed by atoms with van der Waals surface area (Å²) in [5.74, 6) is -0.451. The molecular weight excluding hydrogens is 222 g/mol. The zero-order valence-corrected chi connectivity index (χ0v) is 9.83. The van der Waals surface area contributed by atoms with Gasteiger partial charge in [-0.2, -0.15) is 0 Å². The summed E-state index contributed by atoms with van der Waals surface area (Å²) in [4.78, 5) is 0. The standard InChI is InChI=1S/C14H18F2O/c15-12-6-7-13(16)11(9-12)5-8-14(17)10-3-1-2-4-10/h6-7,9-10,14,17H,1-5,8H2. The van der Waals surface area contributed by atoms with E-state index in [9.17, 15) is 13.9 Å². The highest BCUT2D eigenvalue weighted by Crippen LogP contribution is 2.29. The van der Waals surface area contributed by atoms with Gasteiger partial charge >= 0.3 is 0 Å². The number of rotatable bonds is 4. The fourth-order valence-electron chi connectivity index (χ4n) is 2.62. The minimum Gasteiger partial charge on any atom is -0.393 e. The van der Waals surface area contributed by atoms with E-state index in [2.05, 4.69) is 0 Å². The third-order valence-corrected chi connectivity index (χ3v) is 3.66. The first-order valence-electron chi connectivity index (χ1n) is 6.29. The predicted molar refractivity (Wildman–Crippen MR) is 62.6 cm³/mol. The van der Waals surface area contributed by atoms with E-state index < -0.39 is 5.82 Å². The fourth-order valence-corrected chi connectivity index (χ4v) is 2.62. The average Bonchev–Trinajstić information content (AvgIpc) is 2.83. The lowest BCUT2D eigenvalue weighted by Crippen LogP contribution is -2.18. The monoisotopic (exact) mass is 240 g/mol. The minimum absolute atomic E-state index is 0.353. The van der Waals surface area contributed by atoms with Gasteiger partial charge in [-0.1, -0.05) is 12.8 Å². The molecule has 0 spiro atoms. The van der Waals surface area contributed by atoms with Crippen LogP contribution in [0.2, 0.25) is 0 Å². The Balaban J connectivity index is 1.90. The molecule has 3 heteroatoms. The van der Waals surface area contributed by atoms with E-state index in [4.69, 9.17) is 0 Å². The Bertz CT molecular complexity index is 372. The lowest BCUT2D eigenvalue weighted by Gasteiger charge is -2.17. The lowest BCUT2D eigenvalue weighted by atomic mass is 9.95. The fraction of sp³-hybridized carbons (Fsp3) is 0.571. The van der Waals surface area contributed by atoms with Gasteiger partial charge in [-0.3, -0.25) is 0 Å². The van der Waals surface area contributed by atoms with E-state index in [1.54, 1.807) is 0 Å². The van der Waals surface area contributed by atoms with Crippen LogP contribution in [-0.4, -0.2) is 11.2 Å². The van der Waals surface area contributed by atoms with Crippen LogP contribution in [0.1, 0.15) is 37.7 Å². The maximum atomic E-state index is 13.3. The maximum Gasteiger partial charge on any atom is 0.126 e. The van der Waals surface area contributed by atoms with Gasteiger partial charge in [0.25, 0.3) is 0 Å². The molecule has 1 fully saturated rings. The molecule has 0 bridgehead atoms. The second-order valence-corrected chi connectivity index (χ2v) is 4.89. The van der Waals surface area contributed by atoms with Crippen LogP contribution in [0.4, 0.5) is 8.78 Å². The second-order valence-electron chi connectivity index (χ2n) is 4.89. The smallest absolute Gasteiger partial charge is 0.126 e. The number of aliphatic hydroxyl groups is 1. The summed E-state index contributed by atoms with van der Waals surface area (Å²) >= 11 is 0. The molecule has 94 valence electrons. The number of halogens is 2. The highest BCUT2D eigenvalue weighted by molar-refractivity contribution is 5.18. The van der Waals surface area contributed by atoms with Crippen molar-refractivity contribution in [2.45, 2.75) is 44.6 Å². The minimum atomic E-state index is -0.420. The van der Waals surface area contributed by atoms with Crippen LogP contribution >= 0.6 is 0 Å². The van der Waals surface area contributed by atoms with Crippen LogP contribution in [0.25, 0.3) is 0 Å². The first-order chi connectivity index (χ1) is 8.16. The molecule has 1 aliphatic carbocycles. The summed E-state index contributed by atoms with van der Waals surface area (Å²) in [6.45, 7) is 0. The third kappa shape index (κ3) is 3.25. The van der Waals surface area contributed by atoms with Crippen LogP contribution in [-0.2, 0) is 6.42 Å². The van der Waals surface area contributed by atoms with Gasteiger partial charge in [-0.15, -0.1) is 0 Å². The summed E-state index contributed by atoms with van der Waals surface area (Å²) in [6.07, 6.45) is 5.03. The molecule has 2 rings (SSSR count). The van der Waals surface area contributed by atoms with Crippen molar-refractivity contribution in [1.82, 2.24) is 0 Å². The largest absolute Gasteiger partial charge is 0.393 e. The summed E-state index contributed by atoms with van der Waals surface area (Å²) in [5.41, 5.74) is 0.363. The first-order valence-corrected chi connectivity index (χ1v) is 6.29. The van der Waals surface area contributed by atoms with Crippen molar-refractivity contribution in [3.8, 4) is 0 Å².